The van der Waals surface area contributed by atoms with Crippen LogP contribution in [0.5, 0.6) is 5.75 Å². The van der Waals surface area contributed by atoms with Crippen LogP contribution in [0.2, 0.25) is 0 Å². The summed E-state index contributed by atoms with van der Waals surface area (Å²) < 4.78 is 19.0. The second-order valence-corrected chi connectivity index (χ2v) is 9.92. The van der Waals surface area contributed by atoms with Gasteiger partial charge in [-0.3, -0.25) is 9.59 Å². The summed E-state index contributed by atoms with van der Waals surface area (Å²) in [5.41, 5.74) is 2.85. The van der Waals surface area contributed by atoms with E-state index in [1.165, 1.54) is 12.1 Å². The van der Waals surface area contributed by atoms with Crippen molar-refractivity contribution in [2.45, 2.75) is 45.2 Å². The first-order valence-corrected chi connectivity index (χ1v) is 13.7. The monoisotopic (exact) mass is 531 g/mol. The van der Waals surface area contributed by atoms with Gasteiger partial charge in [0.05, 0.1) is 19.1 Å². The quantitative estimate of drug-likeness (QED) is 0.333. The number of hydrogen-bond donors (Lipinski definition) is 1. The van der Waals surface area contributed by atoms with Gasteiger partial charge in [-0.05, 0) is 66.5 Å². The largest absolute Gasteiger partial charge is 0.497 e. The molecule has 4 rings (SSSR count). The van der Waals surface area contributed by atoms with Gasteiger partial charge < -0.3 is 19.9 Å². The molecule has 0 unspecified atom stereocenters. The average molecular weight is 532 g/mol. The van der Waals surface area contributed by atoms with Gasteiger partial charge >= 0.3 is 0 Å². The first kappa shape index (κ1) is 28.3. The zero-order valence-corrected chi connectivity index (χ0v) is 23.0. The fraction of sp³-hybridized carbons (Fsp3) is 0.375. The normalized spacial score (nSPS) is 16.7. The van der Waals surface area contributed by atoms with Gasteiger partial charge in [0, 0.05) is 25.2 Å². The third-order valence-corrected chi connectivity index (χ3v) is 7.45. The van der Waals surface area contributed by atoms with Crippen LogP contribution in [0.25, 0.3) is 0 Å². The molecule has 6 nitrogen and oxygen atoms in total. The van der Waals surface area contributed by atoms with E-state index in [2.05, 4.69) is 24.1 Å². The van der Waals surface area contributed by atoms with Crippen LogP contribution in [-0.4, -0.2) is 54.9 Å². The van der Waals surface area contributed by atoms with Gasteiger partial charge in [0.25, 0.3) is 5.91 Å². The number of ether oxygens (including phenoxy) is 1. The number of unbranched alkanes of at least 4 members (excludes halogenated alkanes) is 1. The maximum atomic E-state index is 14.0. The van der Waals surface area contributed by atoms with Gasteiger partial charge in [-0.1, -0.05) is 62.7 Å². The summed E-state index contributed by atoms with van der Waals surface area (Å²) in [7, 11) is 1.60. The number of methoxy groups -OCH3 is 1. The topological polar surface area (TPSA) is 61.9 Å². The molecular formula is C32H38FN3O3. The number of nitrogens with one attached hydrogen (secondary N) is 1. The van der Waals surface area contributed by atoms with E-state index < -0.39 is 12.0 Å². The van der Waals surface area contributed by atoms with Crippen molar-refractivity contribution in [1.82, 2.24) is 15.1 Å². The van der Waals surface area contributed by atoms with Crippen molar-refractivity contribution < 1.29 is 18.7 Å². The lowest BCUT2D eigenvalue weighted by molar-refractivity contribution is -0.124. The number of amides is 2. The molecule has 206 valence electrons. The van der Waals surface area contributed by atoms with E-state index in [4.69, 9.17) is 4.74 Å². The van der Waals surface area contributed by atoms with E-state index in [1.54, 1.807) is 30.2 Å². The Hall–Kier alpha value is -3.71. The Balaban J connectivity index is 1.70. The van der Waals surface area contributed by atoms with Crippen molar-refractivity contribution in [3.05, 3.63) is 101 Å². The zero-order chi connectivity index (χ0) is 27.8. The average Bonchev–Trinajstić information content (AvgIpc) is 2.97. The number of rotatable bonds is 12. The second-order valence-electron chi connectivity index (χ2n) is 9.92. The van der Waals surface area contributed by atoms with Crippen LogP contribution >= 0.6 is 0 Å². The number of likely N-dealkylation sites (N-methyl/N-ethyl adjacent to an activating group) is 1. The fourth-order valence-corrected chi connectivity index (χ4v) is 5.27. The lowest BCUT2D eigenvalue weighted by Gasteiger charge is -2.42. The molecule has 0 aliphatic carbocycles. The van der Waals surface area contributed by atoms with Gasteiger partial charge in [-0.2, -0.15) is 0 Å². The second kappa shape index (κ2) is 13.4. The van der Waals surface area contributed by atoms with E-state index in [0.29, 0.717) is 17.9 Å². The van der Waals surface area contributed by atoms with Gasteiger partial charge in [0.1, 0.15) is 11.6 Å². The van der Waals surface area contributed by atoms with Gasteiger partial charge in [0.2, 0.25) is 5.91 Å². The molecule has 1 N–H and O–H groups in total. The van der Waals surface area contributed by atoms with E-state index in [0.717, 1.165) is 49.2 Å². The van der Waals surface area contributed by atoms with Crippen LogP contribution in [-0.2, 0) is 11.3 Å². The van der Waals surface area contributed by atoms with Crippen LogP contribution in [0.1, 0.15) is 65.7 Å². The van der Waals surface area contributed by atoms with E-state index in [-0.39, 0.29) is 24.2 Å². The molecule has 1 aliphatic rings. The maximum Gasteiger partial charge on any atom is 0.255 e. The number of halogens is 1. The SMILES string of the molecule is CCCCN(CC)CCNC(=O)[C@H]1c2ccccc2C(=O)N(Cc2ccc(F)cc2)[C@H]1c1ccc(OC)cc1. The number of hydrogen-bond acceptors (Lipinski definition) is 4. The van der Waals surface area contributed by atoms with Crippen molar-refractivity contribution in [3.63, 3.8) is 0 Å². The standard InChI is InChI=1S/C32H38FN3O3/c1-4-6-20-35(5-2)21-19-34-31(37)29-27-9-7-8-10-28(27)32(38)36(22-23-11-15-25(33)16-12-23)30(29)24-13-17-26(39-3)18-14-24/h7-18,29-30H,4-6,19-22H2,1-3H3,(H,34,37)/t29-,30-/m0/s1. The Bertz CT molecular complexity index is 1250. The molecule has 0 spiro atoms. The molecule has 1 aliphatic heterocycles. The molecule has 0 bridgehead atoms. The van der Waals surface area contributed by atoms with Crippen LogP contribution in [0, 0.1) is 5.82 Å². The van der Waals surface area contributed by atoms with Crippen LogP contribution in [0.3, 0.4) is 0 Å². The predicted molar refractivity (Wildman–Crippen MR) is 151 cm³/mol. The summed E-state index contributed by atoms with van der Waals surface area (Å²) in [5, 5.41) is 3.17. The molecule has 2 atom stereocenters. The number of carbonyl (C=O) groups is 2. The molecule has 2 amide bonds. The van der Waals surface area contributed by atoms with Gasteiger partial charge in [-0.15, -0.1) is 0 Å². The summed E-state index contributed by atoms with van der Waals surface area (Å²) in [5.74, 6) is -0.529. The molecule has 0 saturated carbocycles. The van der Waals surface area contributed by atoms with Crippen LogP contribution in [0.15, 0.2) is 72.8 Å². The van der Waals surface area contributed by atoms with E-state index in [1.807, 2.05) is 42.5 Å². The fourth-order valence-electron chi connectivity index (χ4n) is 5.27. The summed E-state index contributed by atoms with van der Waals surface area (Å²) in [6.07, 6.45) is 2.25. The first-order valence-electron chi connectivity index (χ1n) is 13.7. The summed E-state index contributed by atoms with van der Waals surface area (Å²) in [4.78, 5) is 31.9. The number of fused-ring (bicyclic) bond motifs is 1. The summed E-state index contributed by atoms with van der Waals surface area (Å²) >= 11 is 0. The third kappa shape index (κ3) is 6.66. The van der Waals surface area contributed by atoms with Crippen molar-refractivity contribution in [2.75, 3.05) is 33.3 Å². The lowest BCUT2D eigenvalue weighted by Crippen LogP contribution is -2.48. The van der Waals surface area contributed by atoms with Gasteiger partial charge in [-0.25, -0.2) is 4.39 Å². The Morgan fingerprint density at radius 1 is 1.00 bits per heavy atom. The Morgan fingerprint density at radius 2 is 1.72 bits per heavy atom. The highest BCUT2D eigenvalue weighted by atomic mass is 19.1. The highest BCUT2D eigenvalue weighted by Crippen LogP contribution is 2.44. The first-order chi connectivity index (χ1) is 19.0. The minimum Gasteiger partial charge on any atom is -0.497 e. The van der Waals surface area contributed by atoms with Crippen molar-refractivity contribution >= 4 is 11.8 Å². The molecule has 7 heteroatoms. The highest BCUT2D eigenvalue weighted by Gasteiger charge is 2.44. The van der Waals surface area contributed by atoms with Crippen LogP contribution in [0.4, 0.5) is 4.39 Å². The molecule has 0 saturated heterocycles. The van der Waals surface area contributed by atoms with Crippen molar-refractivity contribution in [2.24, 2.45) is 0 Å². The number of carbonyl (C=O) groups excluding carboxylic acids is 2. The molecule has 1 heterocycles. The van der Waals surface area contributed by atoms with E-state index >= 15 is 0 Å². The molecule has 0 aromatic heterocycles. The molecule has 3 aromatic carbocycles. The molecule has 0 radical (unpaired) electrons. The Kier molecular flexibility index (Phi) is 9.71. The Labute approximate surface area is 230 Å². The minimum absolute atomic E-state index is 0.119. The van der Waals surface area contributed by atoms with Crippen LogP contribution < -0.4 is 10.1 Å². The molecular weight excluding hydrogens is 493 g/mol. The lowest BCUT2D eigenvalue weighted by atomic mass is 9.79. The number of nitrogens with zero attached hydrogens (tertiary/aromatic N) is 2. The van der Waals surface area contributed by atoms with Crippen molar-refractivity contribution in [1.29, 1.82) is 0 Å². The van der Waals surface area contributed by atoms with Crippen molar-refractivity contribution in [3.8, 4) is 5.75 Å². The minimum atomic E-state index is -0.613. The smallest absolute Gasteiger partial charge is 0.255 e. The summed E-state index contributed by atoms with van der Waals surface area (Å²) in [6.45, 7) is 7.77. The molecule has 39 heavy (non-hydrogen) atoms. The third-order valence-electron chi connectivity index (χ3n) is 7.45. The highest BCUT2D eigenvalue weighted by molar-refractivity contribution is 6.01. The maximum absolute atomic E-state index is 14.0. The van der Waals surface area contributed by atoms with E-state index in [9.17, 15) is 14.0 Å². The number of benzene rings is 3. The zero-order valence-electron chi connectivity index (χ0n) is 23.0. The predicted octanol–water partition coefficient (Wildman–Crippen LogP) is 5.55. The Morgan fingerprint density at radius 3 is 2.38 bits per heavy atom. The van der Waals surface area contributed by atoms with Gasteiger partial charge in [0.15, 0.2) is 0 Å². The summed E-state index contributed by atoms with van der Waals surface area (Å²) in [6, 6.07) is 20.5. The molecule has 0 fully saturated rings. The molecule has 3 aromatic rings.